The summed E-state index contributed by atoms with van der Waals surface area (Å²) in [6, 6.07) is -0.297. The average Bonchev–Trinajstić information content (AvgIpc) is 2.57. The summed E-state index contributed by atoms with van der Waals surface area (Å²) in [6.07, 6.45) is 1.00. The molecule has 1 rings (SSSR count). The van der Waals surface area contributed by atoms with E-state index in [1.807, 2.05) is 20.8 Å². The molecular weight excluding hydrogens is 222 g/mol. The minimum Gasteiger partial charge on any atom is -0.336 e. The molecular formula is C12H17NO2S. The number of Topliss-reactive ketones (excluding diaryl/α,β-unsaturated/α-hetero) is 1. The lowest BCUT2D eigenvalue weighted by atomic mass is 9.97. The van der Waals surface area contributed by atoms with Crippen molar-refractivity contribution in [1.29, 1.82) is 0 Å². The Morgan fingerprint density at radius 1 is 1.56 bits per heavy atom. The van der Waals surface area contributed by atoms with Crippen LogP contribution in [0.15, 0.2) is 0 Å². The van der Waals surface area contributed by atoms with Crippen LogP contribution in [-0.4, -0.2) is 22.8 Å². The summed E-state index contributed by atoms with van der Waals surface area (Å²) >= 11 is 1.17. The predicted molar refractivity (Wildman–Crippen MR) is 66.2 cm³/mol. The van der Waals surface area contributed by atoms with Crippen LogP contribution in [0.3, 0.4) is 0 Å². The molecule has 0 radical (unpaired) electrons. The number of carbonyl (C=O) groups is 2. The summed E-state index contributed by atoms with van der Waals surface area (Å²) in [5.74, 6) is 6.73. The molecule has 4 heteroatoms. The number of hydrogen-bond acceptors (Lipinski definition) is 3. The van der Waals surface area contributed by atoms with E-state index in [4.69, 9.17) is 0 Å². The number of amides is 1. The second-order valence-electron chi connectivity index (χ2n) is 4.81. The van der Waals surface area contributed by atoms with Crippen LogP contribution in [0.25, 0.3) is 0 Å². The third-order valence-electron chi connectivity index (χ3n) is 2.02. The third-order valence-corrected chi connectivity index (χ3v) is 2.90. The Kier molecular flexibility index (Phi) is 4.43. The molecule has 1 amide bonds. The van der Waals surface area contributed by atoms with Gasteiger partial charge in [-0.1, -0.05) is 17.7 Å². The average molecular weight is 239 g/mol. The monoisotopic (exact) mass is 239 g/mol. The van der Waals surface area contributed by atoms with Crippen LogP contribution >= 0.6 is 11.8 Å². The van der Waals surface area contributed by atoms with Crippen LogP contribution in [0.5, 0.6) is 0 Å². The first-order valence-electron chi connectivity index (χ1n) is 5.34. The van der Waals surface area contributed by atoms with Crippen molar-refractivity contribution in [1.82, 2.24) is 5.32 Å². The Balaban J connectivity index is 2.30. The fourth-order valence-electron chi connectivity index (χ4n) is 1.25. The quantitative estimate of drug-likeness (QED) is 0.768. The molecule has 0 aromatic carbocycles. The second-order valence-corrected chi connectivity index (χ2v) is 5.81. The molecule has 0 aromatic rings. The fourth-order valence-corrected chi connectivity index (χ4v) is 2.06. The molecule has 0 aliphatic carbocycles. The first-order chi connectivity index (χ1) is 7.38. The van der Waals surface area contributed by atoms with Gasteiger partial charge in [-0.2, -0.15) is 0 Å². The molecule has 0 saturated carbocycles. The minimum atomic E-state index is -0.297. The van der Waals surface area contributed by atoms with E-state index >= 15 is 0 Å². The topological polar surface area (TPSA) is 46.2 Å². The van der Waals surface area contributed by atoms with Gasteiger partial charge in [0.15, 0.2) is 5.78 Å². The number of nitrogens with one attached hydrogen (secondary N) is 1. The number of rotatable bonds is 3. The van der Waals surface area contributed by atoms with Crippen LogP contribution < -0.4 is 5.32 Å². The van der Waals surface area contributed by atoms with Gasteiger partial charge in [-0.05, 0) is 20.8 Å². The van der Waals surface area contributed by atoms with Crippen molar-refractivity contribution < 1.29 is 9.59 Å². The predicted octanol–water partition coefficient (Wildman–Crippen LogP) is 2.21. The molecule has 1 aliphatic rings. The van der Waals surface area contributed by atoms with Crippen LogP contribution in [0.4, 0.5) is 4.79 Å². The third kappa shape index (κ3) is 4.71. The fraction of sp³-hybridized carbons (Fsp3) is 0.667. The van der Waals surface area contributed by atoms with Crippen molar-refractivity contribution in [3.05, 3.63) is 0 Å². The van der Waals surface area contributed by atoms with Gasteiger partial charge in [0.1, 0.15) is 0 Å². The van der Waals surface area contributed by atoms with Crippen LogP contribution in [0.1, 0.15) is 33.6 Å². The van der Waals surface area contributed by atoms with Crippen molar-refractivity contribution in [2.24, 2.45) is 5.41 Å². The van der Waals surface area contributed by atoms with Crippen molar-refractivity contribution >= 4 is 22.8 Å². The first kappa shape index (κ1) is 13.1. The second kappa shape index (κ2) is 5.40. The van der Waals surface area contributed by atoms with Crippen molar-refractivity contribution in [3.8, 4) is 11.8 Å². The lowest BCUT2D eigenvalue weighted by Gasteiger charge is -2.07. The molecule has 0 spiro atoms. The van der Waals surface area contributed by atoms with Crippen LogP contribution in [-0.2, 0) is 4.79 Å². The zero-order chi connectivity index (χ0) is 12.2. The number of hydrogen-bond donors (Lipinski definition) is 1. The summed E-state index contributed by atoms with van der Waals surface area (Å²) < 4.78 is 0. The molecule has 0 aromatic heterocycles. The zero-order valence-electron chi connectivity index (χ0n) is 9.92. The van der Waals surface area contributed by atoms with Crippen molar-refractivity contribution in [2.75, 3.05) is 5.75 Å². The van der Waals surface area contributed by atoms with Gasteiger partial charge in [0.25, 0.3) is 5.24 Å². The highest BCUT2D eigenvalue weighted by atomic mass is 32.2. The summed E-state index contributed by atoms with van der Waals surface area (Å²) in [7, 11) is 0. The highest BCUT2D eigenvalue weighted by Gasteiger charge is 2.26. The smallest absolute Gasteiger partial charge is 0.279 e. The Hall–Kier alpha value is -0.950. The molecule has 1 aliphatic heterocycles. The van der Waals surface area contributed by atoms with Gasteiger partial charge in [0, 0.05) is 24.0 Å². The zero-order valence-corrected chi connectivity index (χ0v) is 10.7. The maximum Gasteiger partial charge on any atom is 0.279 e. The van der Waals surface area contributed by atoms with Gasteiger partial charge < -0.3 is 5.32 Å². The molecule has 0 unspecified atom stereocenters. The van der Waals surface area contributed by atoms with Gasteiger partial charge in [-0.15, -0.1) is 5.92 Å². The lowest BCUT2D eigenvalue weighted by Crippen LogP contribution is -2.34. The van der Waals surface area contributed by atoms with E-state index in [0.717, 1.165) is 0 Å². The molecule has 1 atom stereocenters. The number of carbonyl (C=O) groups excluding carboxylic acids is 2. The van der Waals surface area contributed by atoms with E-state index in [2.05, 4.69) is 17.2 Å². The van der Waals surface area contributed by atoms with Gasteiger partial charge in [0.2, 0.25) is 0 Å². The van der Waals surface area contributed by atoms with Crippen LogP contribution in [0, 0.1) is 17.3 Å². The van der Waals surface area contributed by atoms with Gasteiger partial charge in [-0.25, -0.2) is 0 Å². The Morgan fingerprint density at radius 3 is 2.75 bits per heavy atom. The number of ketones is 1. The number of thioether (sulfide) groups is 1. The minimum absolute atomic E-state index is 0.0134. The summed E-state index contributed by atoms with van der Waals surface area (Å²) in [5.41, 5.74) is -0.0134. The maximum absolute atomic E-state index is 11.6. The highest BCUT2D eigenvalue weighted by molar-refractivity contribution is 8.14. The Morgan fingerprint density at radius 2 is 2.25 bits per heavy atom. The molecule has 1 heterocycles. The Labute approximate surface area is 101 Å². The van der Waals surface area contributed by atoms with Crippen molar-refractivity contribution in [2.45, 2.75) is 39.7 Å². The van der Waals surface area contributed by atoms with Crippen LogP contribution in [0.2, 0.25) is 0 Å². The first-order valence-corrected chi connectivity index (χ1v) is 6.33. The molecule has 1 N–H and O–H groups in total. The molecule has 3 nitrogen and oxygen atoms in total. The summed E-state index contributed by atoms with van der Waals surface area (Å²) in [6.45, 7) is 6.11. The van der Waals surface area contributed by atoms with Gasteiger partial charge in [-0.3, -0.25) is 9.59 Å². The molecule has 0 bridgehead atoms. The van der Waals surface area contributed by atoms with Gasteiger partial charge in [0.05, 0.1) is 6.04 Å². The summed E-state index contributed by atoms with van der Waals surface area (Å²) in [5, 5.41) is 2.54. The molecule has 1 saturated heterocycles. The van der Waals surface area contributed by atoms with E-state index in [1.165, 1.54) is 11.8 Å². The normalized spacial score (nSPS) is 19.9. The van der Waals surface area contributed by atoms with Gasteiger partial charge >= 0.3 is 0 Å². The largest absolute Gasteiger partial charge is 0.336 e. The lowest BCUT2D eigenvalue weighted by molar-refractivity contribution is -0.120. The van der Waals surface area contributed by atoms with Crippen molar-refractivity contribution in [3.63, 3.8) is 0 Å². The Bertz CT molecular complexity index is 346. The van der Waals surface area contributed by atoms with E-state index in [-0.39, 0.29) is 22.5 Å². The van der Waals surface area contributed by atoms with E-state index in [0.29, 0.717) is 18.6 Å². The summed E-state index contributed by atoms with van der Waals surface area (Å²) in [4.78, 5) is 22.5. The standard InChI is InChI=1S/C12H17NO2S/c1-12(2,3)7-5-4-6-10(14)9-8-16-11(15)13-9/h9H,4,6,8H2,1-3H3,(H,13,15)/t9-/m1/s1. The SMILES string of the molecule is CC(C)(C)C#CCCC(=O)[C@H]1CSC(=O)N1. The van der Waals surface area contributed by atoms with E-state index in [1.54, 1.807) is 0 Å². The molecule has 16 heavy (non-hydrogen) atoms. The van der Waals surface area contributed by atoms with E-state index in [9.17, 15) is 9.59 Å². The maximum atomic E-state index is 11.6. The molecule has 88 valence electrons. The highest BCUT2D eigenvalue weighted by Crippen LogP contribution is 2.15. The van der Waals surface area contributed by atoms with E-state index < -0.39 is 0 Å². The molecule has 1 fully saturated rings.